The Bertz CT molecular complexity index is 724. The number of hydrogen-bond acceptors (Lipinski definition) is 6. The predicted molar refractivity (Wildman–Crippen MR) is 90.0 cm³/mol. The lowest BCUT2D eigenvalue weighted by Crippen LogP contribution is -2.53. The van der Waals surface area contributed by atoms with Gasteiger partial charge in [0.05, 0.1) is 18.4 Å². The van der Waals surface area contributed by atoms with Gasteiger partial charge in [0.1, 0.15) is 11.8 Å². The molecule has 0 aliphatic carbocycles. The first-order valence-electron chi connectivity index (χ1n) is 7.69. The highest BCUT2D eigenvalue weighted by Crippen LogP contribution is 2.27. The van der Waals surface area contributed by atoms with Gasteiger partial charge in [0.25, 0.3) is 0 Å². The molecule has 0 saturated carbocycles. The van der Waals surface area contributed by atoms with Crippen LogP contribution in [0.15, 0.2) is 29.6 Å². The summed E-state index contributed by atoms with van der Waals surface area (Å²) in [5.41, 5.74) is 1.38. The van der Waals surface area contributed by atoms with Crippen molar-refractivity contribution in [1.82, 2.24) is 10.3 Å². The van der Waals surface area contributed by atoms with E-state index in [1.54, 1.807) is 17.5 Å². The lowest BCUT2D eigenvalue weighted by Gasteiger charge is -2.28. The van der Waals surface area contributed by atoms with Crippen LogP contribution in [0, 0.1) is 0 Å². The first kappa shape index (κ1) is 17.7. The molecule has 1 saturated heterocycles. The number of alkyl halides is 2. The average Bonchev–Trinajstić information content (AvgIpc) is 3.04. The Kier molecular flexibility index (Phi) is 5.57. The molecule has 0 spiro atoms. The van der Waals surface area contributed by atoms with E-state index in [-0.39, 0.29) is 17.8 Å². The minimum Gasteiger partial charge on any atom is -0.435 e. The number of benzene rings is 1. The molecule has 1 aromatic carbocycles. The Balaban J connectivity index is 1.64. The van der Waals surface area contributed by atoms with Gasteiger partial charge in [-0.1, -0.05) is 0 Å². The van der Waals surface area contributed by atoms with E-state index >= 15 is 0 Å². The highest BCUT2D eigenvalue weighted by molar-refractivity contribution is 7.14. The normalized spacial score (nSPS) is 20.5. The van der Waals surface area contributed by atoms with Crippen LogP contribution in [0.1, 0.15) is 6.92 Å². The minimum absolute atomic E-state index is 0.0832. The van der Waals surface area contributed by atoms with Gasteiger partial charge in [0, 0.05) is 17.5 Å². The van der Waals surface area contributed by atoms with Crippen LogP contribution in [0.2, 0.25) is 0 Å². The van der Waals surface area contributed by atoms with E-state index in [9.17, 15) is 13.6 Å². The van der Waals surface area contributed by atoms with E-state index in [0.717, 1.165) is 5.56 Å². The van der Waals surface area contributed by atoms with Gasteiger partial charge in [0.15, 0.2) is 5.13 Å². The Morgan fingerprint density at radius 2 is 2.20 bits per heavy atom. The number of nitrogens with one attached hydrogen (secondary N) is 2. The quantitative estimate of drug-likeness (QED) is 0.848. The van der Waals surface area contributed by atoms with Crippen molar-refractivity contribution < 1.29 is 23.0 Å². The SMILES string of the molecule is C[C@H]1OCCN[C@@H]1C(=O)Nc1nc(-c2ccc(OC(F)F)cc2)cs1. The Morgan fingerprint density at radius 1 is 1.44 bits per heavy atom. The molecule has 2 atom stereocenters. The number of rotatable bonds is 5. The monoisotopic (exact) mass is 369 g/mol. The molecule has 0 bridgehead atoms. The number of ether oxygens (including phenoxy) is 2. The number of amides is 1. The van der Waals surface area contributed by atoms with E-state index < -0.39 is 12.7 Å². The van der Waals surface area contributed by atoms with Gasteiger partial charge in [0.2, 0.25) is 5.91 Å². The van der Waals surface area contributed by atoms with E-state index in [0.29, 0.717) is 24.0 Å². The van der Waals surface area contributed by atoms with Gasteiger partial charge in [-0.3, -0.25) is 4.79 Å². The van der Waals surface area contributed by atoms with Crippen LogP contribution in [0.4, 0.5) is 13.9 Å². The fraction of sp³-hybridized carbons (Fsp3) is 0.375. The zero-order valence-corrected chi connectivity index (χ0v) is 14.2. The lowest BCUT2D eigenvalue weighted by atomic mass is 10.1. The summed E-state index contributed by atoms with van der Waals surface area (Å²) in [6.07, 6.45) is -0.212. The minimum atomic E-state index is -2.85. The van der Waals surface area contributed by atoms with E-state index in [1.165, 1.54) is 23.5 Å². The second-order valence-corrected chi connectivity index (χ2v) is 6.30. The summed E-state index contributed by atoms with van der Waals surface area (Å²) in [6.45, 7) is 0.190. The van der Waals surface area contributed by atoms with Crippen molar-refractivity contribution in [3.8, 4) is 17.0 Å². The van der Waals surface area contributed by atoms with Gasteiger partial charge in [-0.25, -0.2) is 4.98 Å². The second-order valence-electron chi connectivity index (χ2n) is 5.44. The molecule has 1 aliphatic heterocycles. The maximum Gasteiger partial charge on any atom is 0.387 e. The molecule has 134 valence electrons. The third-order valence-electron chi connectivity index (χ3n) is 3.71. The van der Waals surface area contributed by atoms with Gasteiger partial charge in [-0.2, -0.15) is 8.78 Å². The molecule has 9 heteroatoms. The number of nitrogens with zero attached hydrogens (tertiary/aromatic N) is 1. The molecule has 1 aromatic heterocycles. The van der Waals surface area contributed by atoms with Gasteiger partial charge in [-0.05, 0) is 31.2 Å². The summed E-state index contributed by atoms with van der Waals surface area (Å²) in [5, 5.41) is 8.14. The van der Waals surface area contributed by atoms with Crippen molar-refractivity contribution in [3.63, 3.8) is 0 Å². The fourth-order valence-electron chi connectivity index (χ4n) is 2.48. The summed E-state index contributed by atoms with van der Waals surface area (Å²) in [5.74, 6) is -0.117. The number of aromatic nitrogens is 1. The van der Waals surface area contributed by atoms with Crippen molar-refractivity contribution >= 4 is 22.4 Å². The topological polar surface area (TPSA) is 72.5 Å². The summed E-state index contributed by atoms with van der Waals surface area (Å²) in [4.78, 5) is 16.7. The van der Waals surface area contributed by atoms with Crippen molar-refractivity contribution in [2.24, 2.45) is 0 Å². The first-order chi connectivity index (χ1) is 12.0. The van der Waals surface area contributed by atoms with E-state index in [1.807, 2.05) is 6.92 Å². The number of hydrogen-bond donors (Lipinski definition) is 2. The molecule has 2 N–H and O–H groups in total. The number of morpholine rings is 1. The average molecular weight is 369 g/mol. The molecular formula is C16H17F2N3O3S. The summed E-state index contributed by atoms with van der Waals surface area (Å²) < 4.78 is 34.1. The number of carbonyl (C=O) groups is 1. The first-order valence-corrected chi connectivity index (χ1v) is 8.57. The van der Waals surface area contributed by atoms with Crippen LogP contribution < -0.4 is 15.4 Å². The van der Waals surface area contributed by atoms with E-state index in [4.69, 9.17) is 4.74 Å². The molecule has 0 radical (unpaired) electrons. The molecule has 1 amide bonds. The van der Waals surface area contributed by atoms with Crippen molar-refractivity contribution in [2.45, 2.75) is 25.7 Å². The largest absolute Gasteiger partial charge is 0.435 e. The summed E-state index contributed by atoms with van der Waals surface area (Å²) in [7, 11) is 0. The molecule has 2 aromatic rings. The van der Waals surface area contributed by atoms with Gasteiger partial charge < -0.3 is 20.1 Å². The van der Waals surface area contributed by atoms with Crippen LogP contribution in [0.5, 0.6) is 5.75 Å². The van der Waals surface area contributed by atoms with E-state index in [2.05, 4.69) is 20.4 Å². The summed E-state index contributed by atoms with van der Waals surface area (Å²) in [6, 6.07) is 5.74. The molecule has 25 heavy (non-hydrogen) atoms. The fourth-order valence-corrected chi connectivity index (χ4v) is 3.20. The molecule has 1 fully saturated rings. The Labute approximate surface area is 147 Å². The van der Waals surface area contributed by atoms with Gasteiger partial charge in [-0.15, -0.1) is 11.3 Å². The smallest absolute Gasteiger partial charge is 0.387 e. The zero-order chi connectivity index (χ0) is 17.8. The third-order valence-corrected chi connectivity index (χ3v) is 4.47. The van der Waals surface area contributed by atoms with Crippen LogP contribution in [-0.2, 0) is 9.53 Å². The summed E-state index contributed by atoms with van der Waals surface area (Å²) >= 11 is 1.29. The second kappa shape index (κ2) is 7.85. The maximum absolute atomic E-state index is 12.3. The van der Waals surface area contributed by atoms with Gasteiger partial charge >= 0.3 is 6.61 Å². The van der Waals surface area contributed by atoms with Crippen LogP contribution >= 0.6 is 11.3 Å². The Morgan fingerprint density at radius 3 is 2.88 bits per heavy atom. The highest BCUT2D eigenvalue weighted by Gasteiger charge is 2.28. The third kappa shape index (κ3) is 4.50. The van der Waals surface area contributed by atoms with Crippen LogP contribution in [0.3, 0.4) is 0 Å². The van der Waals surface area contributed by atoms with Crippen molar-refractivity contribution in [3.05, 3.63) is 29.6 Å². The predicted octanol–water partition coefficient (Wildman–Crippen LogP) is 2.73. The van der Waals surface area contributed by atoms with Crippen molar-refractivity contribution in [2.75, 3.05) is 18.5 Å². The molecule has 1 aliphatic rings. The maximum atomic E-state index is 12.3. The molecular weight excluding hydrogens is 352 g/mol. The number of halogens is 2. The molecule has 0 unspecified atom stereocenters. The molecule has 2 heterocycles. The lowest BCUT2D eigenvalue weighted by molar-refractivity contribution is -0.123. The highest BCUT2D eigenvalue weighted by atomic mass is 32.1. The number of carbonyl (C=O) groups excluding carboxylic acids is 1. The Hall–Kier alpha value is -2.10. The number of anilines is 1. The van der Waals surface area contributed by atoms with Crippen molar-refractivity contribution in [1.29, 1.82) is 0 Å². The zero-order valence-electron chi connectivity index (χ0n) is 13.4. The molecule has 3 rings (SSSR count). The van der Waals surface area contributed by atoms with Crippen LogP contribution in [-0.4, -0.2) is 42.8 Å². The van der Waals surface area contributed by atoms with Crippen LogP contribution in [0.25, 0.3) is 11.3 Å². The number of thiazole rings is 1. The molecule has 6 nitrogen and oxygen atoms in total. The standard InChI is InChI=1S/C16H17F2N3O3S/c1-9-13(19-6-7-23-9)14(22)21-16-20-12(8-25-16)10-2-4-11(5-3-10)24-15(17)18/h2-5,8-9,13,15,19H,6-7H2,1H3,(H,20,21,22)/t9-,13+/m1/s1.